The largest absolute Gasteiger partial charge is 0.507 e. The first-order chi connectivity index (χ1) is 8.50. The topological polar surface area (TPSA) is 80.4 Å². The number of benzene rings is 1. The molecule has 0 aliphatic heterocycles. The summed E-state index contributed by atoms with van der Waals surface area (Å²) >= 11 is 1.17. The summed E-state index contributed by atoms with van der Waals surface area (Å²) in [5.74, 6) is 5.89. The lowest BCUT2D eigenvalue weighted by atomic mass is 10.2. The van der Waals surface area contributed by atoms with Crippen molar-refractivity contribution in [2.24, 2.45) is 0 Å². The molecular formula is C12H11NO4S. The summed E-state index contributed by atoms with van der Waals surface area (Å²) in [6.45, 7) is 1.48. The molecular weight excluding hydrogens is 254 g/mol. The summed E-state index contributed by atoms with van der Waals surface area (Å²) in [6, 6.07) is 3.68. The van der Waals surface area contributed by atoms with Crippen LogP contribution in [-0.4, -0.2) is 20.9 Å². The molecule has 1 rings (SSSR count). The lowest BCUT2D eigenvalue weighted by Gasteiger charge is -1.96. The van der Waals surface area contributed by atoms with E-state index in [0.717, 1.165) is 0 Å². The Hall–Kier alpha value is -2.00. The van der Waals surface area contributed by atoms with Gasteiger partial charge in [-0.2, -0.15) is 0 Å². The lowest BCUT2D eigenvalue weighted by Crippen LogP contribution is -1.89. The third-order valence-electron chi connectivity index (χ3n) is 1.95. The minimum atomic E-state index is -0.545. The Kier molecular flexibility index (Phi) is 5.21. The molecule has 1 aromatic rings. The number of phenols is 1. The molecule has 0 unspecified atom stereocenters. The SMILES string of the molecule is CC(=O)SCCC#Cc1cc([N+](=O)[O-])ccc1O. The Morgan fingerprint density at radius 2 is 2.28 bits per heavy atom. The van der Waals surface area contributed by atoms with Crippen molar-refractivity contribution in [2.45, 2.75) is 13.3 Å². The Bertz CT molecular complexity index is 531. The molecule has 0 aromatic heterocycles. The molecule has 0 heterocycles. The molecule has 94 valence electrons. The second-order valence-electron chi connectivity index (χ2n) is 3.35. The number of carbonyl (C=O) groups is 1. The Morgan fingerprint density at radius 3 is 2.89 bits per heavy atom. The number of nitro benzene ring substituents is 1. The van der Waals surface area contributed by atoms with E-state index in [9.17, 15) is 20.0 Å². The highest BCUT2D eigenvalue weighted by molar-refractivity contribution is 8.13. The van der Waals surface area contributed by atoms with Crippen molar-refractivity contribution >= 4 is 22.6 Å². The van der Waals surface area contributed by atoms with Crippen LogP contribution in [0.3, 0.4) is 0 Å². The molecule has 0 aliphatic carbocycles. The minimum absolute atomic E-state index is 0.0231. The van der Waals surface area contributed by atoms with Crippen molar-refractivity contribution in [1.82, 2.24) is 0 Å². The van der Waals surface area contributed by atoms with Crippen molar-refractivity contribution in [3.8, 4) is 17.6 Å². The molecule has 0 fully saturated rings. The van der Waals surface area contributed by atoms with Crippen LogP contribution in [0, 0.1) is 22.0 Å². The Balaban J connectivity index is 2.71. The highest BCUT2D eigenvalue weighted by Gasteiger charge is 2.08. The van der Waals surface area contributed by atoms with E-state index >= 15 is 0 Å². The molecule has 0 amide bonds. The third-order valence-corrected chi connectivity index (χ3v) is 2.76. The van der Waals surface area contributed by atoms with E-state index in [1.807, 2.05) is 0 Å². The van der Waals surface area contributed by atoms with Gasteiger partial charge in [-0.15, -0.1) is 0 Å². The number of nitrogens with zero attached hydrogens (tertiary/aromatic N) is 1. The number of phenolic OH excluding ortho intramolecular Hbond substituents is 1. The van der Waals surface area contributed by atoms with Gasteiger partial charge >= 0.3 is 0 Å². The van der Waals surface area contributed by atoms with Gasteiger partial charge in [0.25, 0.3) is 5.69 Å². The van der Waals surface area contributed by atoms with Crippen LogP contribution in [0.15, 0.2) is 18.2 Å². The fraction of sp³-hybridized carbons (Fsp3) is 0.250. The van der Waals surface area contributed by atoms with Gasteiger partial charge in [0.1, 0.15) is 5.75 Å². The van der Waals surface area contributed by atoms with E-state index in [1.54, 1.807) is 0 Å². The molecule has 18 heavy (non-hydrogen) atoms. The van der Waals surface area contributed by atoms with Crippen LogP contribution in [0.5, 0.6) is 5.75 Å². The molecule has 0 atom stereocenters. The summed E-state index contributed by atoms with van der Waals surface area (Å²) in [4.78, 5) is 20.7. The first kappa shape index (κ1) is 14.1. The van der Waals surface area contributed by atoms with Crippen molar-refractivity contribution in [1.29, 1.82) is 0 Å². The highest BCUT2D eigenvalue weighted by atomic mass is 32.2. The molecule has 0 spiro atoms. The van der Waals surface area contributed by atoms with E-state index in [1.165, 1.54) is 36.9 Å². The maximum atomic E-state index is 10.7. The molecule has 1 N–H and O–H groups in total. The second-order valence-corrected chi connectivity index (χ2v) is 4.62. The average Bonchev–Trinajstić information content (AvgIpc) is 2.30. The van der Waals surface area contributed by atoms with E-state index in [4.69, 9.17) is 0 Å². The first-order valence-corrected chi connectivity index (χ1v) is 6.09. The zero-order chi connectivity index (χ0) is 13.5. The summed E-state index contributed by atoms with van der Waals surface area (Å²) in [6.07, 6.45) is 0.479. The minimum Gasteiger partial charge on any atom is -0.507 e. The van der Waals surface area contributed by atoms with E-state index in [-0.39, 0.29) is 22.1 Å². The van der Waals surface area contributed by atoms with Crippen LogP contribution in [-0.2, 0) is 4.79 Å². The van der Waals surface area contributed by atoms with Crippen LogP contribution in [0.4, 0.5) is 5.69 Å². The van der Waals surface area contributed by atoms with Gasteiger partial charge in [-0.05, 0) is 6.07 Å². The van der Waals surface area contributed by atoms with Gasteiger partial charge in [0.15, 0.2) is 5.12 Å². The van der Waals surface area contributed by atoms with Crippen LogP contribution >= 0.6 is 11.8 Å². The fourth-order valence-electron chi connectivity index (χ4n) is 1.14. The number of hydrogen-bond acceptors (Lipinski definition) is 5. The van der Waals surface area contributed by atoms with E-state index < -0.39 is 4.92 Å². The number of carbonyl (C=O) groups excluding carboxylic acids is 1. The molecule has 0 bridgehead atoms. The second kappa shape index (κ2) is 6.67. The monoisotopic (exact) mass is 265 g/mol. The van der Waals surface area contributed by atoms with Crippen LogP contribution < -0.4 is 0 Å². The van der Waals surface area contributed by atoms with Crippen LogP contribution in [0.1, 0.15) is 18.9 Å². The maximum absolute atomic E-state index is 10.7. The fourth-order valence-corrected chi connectivity index (χ4v) is 1.63. The van der Waals surface area contributed by atoms with Gasteiger partial charge in [-0.1, -0.05) is 23.6 Å². The normalized spacial score (nSPS) is 9.39. The van der Waals surface area contributed by atoms with E-state index in [2.05, 4.69) is 11.8 Å². The Labute approximate surface area is 108 Å². The predicted molar refractivity (Wildman–Crippen MR) is 69.4 cm³/mol. The smallest absolute Gasteiger partial charge is 0.270 e. The quantitative estimate of drug-likeness (QED) is 0.392. The molecule has 6 heteroatoms. The molecule has 1 aromatic carbocycles. The third kappa shape index (κ3) is 4.47. The molecule has 5 nitrogen and oxygen atoms in total. The van der Waals surface area contributed by atoms with Gasteiger partial charge in [0.2, 0.25) is 0 Å². The number of hydrogen-bond donors (Lipinski definition) is 1. The zero-order valence-corrected chi connectivity index (χ0v) is 10.5. The van der Waals surface area contributed by atoms with Gasteiger partial charge in [-0.25, -0.2) is 0 Å². The Morgan fingerprint density at radius 1 is 1.56 bits per heavy atom. The first-order valence-electron chi connectivity index (χ1n) is 5.10. The van der Waals surface area contributed by atoms with Crippen molar-refractivity contribution in [2.75, 3.05) is 5.75 Å². The standard InChI is InChI=1S/C12H11NO4S/c1-9(14)18-7-3-2-4-10-8-11(13(16)17)5-6-12(10)15/h5-6,8,15H,3,7H2,1H3. The molecule has 0 radical (unpaired) electrons. The van der Waals surface area contributed by atoms with Crippen molar-refractivity contribution < 1.29 is 14.8 Å². The number of aromatic hydroxyl groups is 1. The summed E-state index contributed by atoms with van der Waals surface area (Å²) in [5, 5.41) is 20.1. The average molecular weight is 265 g/mol. The van der Waals surface area contributed by atoms with Crippen LogP contribution in [0.25, 0.3) is 0 Å². The highest BCUT2D eigenvalue weighted by Crippen LogP contribution is 2.21. The number of thioether (sulfide) groups is 1. The van der Waals surface area contributed by atoms with Crippen molar-refractivity contribution in [3.05, 3.63) is 33.9 Å². The summed E-state index contributed by atoms with van der Waals surface area (Å²) in [7, 11) is 0. The number of non-ortho nitro benzene ring substituents is 1. The maximum Gasteiger partial charge on any atom is 0.270 e. The molecule has 0 aliphatic rings. The summed E-state index contributed by atoms with van der Waals surface area (Å²) < 4.78 is 0. The van der Waals surface area contributed by atoms with Crippen LogP contribution in [0.2, 0.25) is 0 Å². The number of nitro groups is 1. The predicted octanol–water partition coefficient (Wildman–Crippen LogP) is 2.32. The van der Waals surface area contributed by atoms with E-state index in [0.29, 0.717) is 12.2 Å². The van der Waals surface area contributed by atoms with Crippen molar-refractivity contribution in [3.63, 3.8) is 0 Å². The van der Waals surface area contributed by atoms with Gasteiger partial charge < -0.3 is 5.11 Å². The molecule has 0 saturated heterocycles. The number of rotatable bonds is 3. The molecule has 0 saturated carbocycles. The lowest BCUT2D eigenvalue weighted by molar-refractivity contribution is -0.384. The van der Waals surface area contributed by atoms with Gasteiger partial charge in [0.05, 0.1) is 10.5 Å². The van der Waals surface area contributed by atoms with Gasteiger partial charge in [0, 0.05) is 31.2 Å². The zero-order valence-electron chi connectivity index (χ0n) is 9.67. The summed E-state index contributed by atoms with van der Waals surface area (Å²) in [5.41, 5.74) is 0.104. The van der Waals surface area contributed by atoms with Gasteiger partial charge in [-0.3, -0.25) is 14.9 Å².